The molecule has 3 aromatic rings. The minimum Gasteiger partial charge on any atom is -0.342 e. The van der Waals surface area contributed by atoms with Crippen molar-refractivity contribution in [1.29, 1.82) is 0 Å². The van der Waals surface area contributed by atoms with Gasteiger partial charge in [-0.05, 0) is 26.9 Å². The largest absolute Gasteiger partial charge is 0.342 e. The maximum Gasteiger partial charge on any atom is 0.257 e. The van der Waals surface area contributed by atoms with E-state index in [2.05, 4.69) is 44.2 Å². The van der Waals surface area contributed by atoms with Gasteiger partial charge >= 0.3 is 0 Å². The summed E-state index contributed by atoms with van der Waals surface area (Å²) in [5, 5.41) is 11.4. The van der Waals surface area contributed by atoms with Crippen molar-refractivity contribution in [2.24, 2.45) is 0 Å². The Morgan fingerprint density at radius 2 is 1.96 bits per heavy atom. The van der Waals surface area contributed by atoms with E-state index >= 15 is 0 Å². The lowest BCUT2D eigenvalue weighted by molar-refractivity contribution is 0.0939. The van der Waals surface area contributed by atoms with E-state index < -0.39 is 0 Å². The number of hydrogen-bond donors (Lipinski definition) is 1. The molecule has 1 N–H and O–H groups in total. The highest BCUT2D eigenvalue weighted by Gasteiger charge is 2.19. The Bertz CT molecular complexity index is 911. The van der Waals surface area contributed by atoms with Gasteiger partial charge in [-0.1, -0.05) is 13.8 Å². The summed E-state index contributed by atoms with van der Waals surface area (Å²) in [4.78, 5) is 23.7. The second kappa shape index (κ2) is 8.26. The van der Waals surface area contributed by atoms with E-state index in [1.54, 1.807) is 15.4 Å². The molecule has 1 unspecified atom stereocenters. The van der Waals surface area contributed by atoms with Crippen LogP contribution in [0, 0.1) is 0 Å². The zero-order chi connectivity index (χ0) is 19.4. The predicted octanol–water partition coefficient (Wildman–Crippen LogP) is 1.67. The molecule has 9 heteroatoms. The number of aryl methyl sites for hydroxylation is 1. The minimum absolute atomic E-state index is 0.229. The lowest BCUT2D eigenvalue weighted by atomic mass is 10.2. The Hall–Kier alpha value is -2.81. The normalized spacial score (nSPS) is 12.6. The van der Waals surface area contributed by atoms with Crippen LogP contribution in [0.25, 0.3) is 5.65 Å². The van der Waals surface area contributed by atoms with Crippen LogP contribution in [0.15, 0.2) is 24.9 Å². The van der Waals surface area contributed by atoms with Gasteiger partial charge in [0.2, 0.25) is 0 Å². The van der Waals surface area contributed by atoms with Gasteiger partial charge in [0, 0.05) is 31.0 Å². The number of aromatic nitrogens is 6. The lowest BCUT2D eigenvalue weighted by Gasteiger charge is -2.17. The molecule has 0 spiro atoms. The maximum atomic E-state index is 12.7. The summed E-state index contributed by atoms with van der Waals surface area (Å²) in [5.41, 5.74) is 2.05. The summed E-state index contributed by atoms with van der Waals surface area (Å²) >= 11 is 0. The van der Waals surface area contributed by atoms with Gasteiger partial charge in [-0.3, -0.25) is 9.69 Å². The molecule has 3 rings (SSSR count). The fraction of sp³-hybridized carbons (Fsp3) is 0.500. The molecule has 0 fully saturated rings. The van der Waals surface area contributed by atoms with E-state index in [-0.39, 0.29) is 11.9 Å². The lowest BCUT2D eigenvalue weighted by Crippen LogP contribution is -2.29. The van der Waals surface area contributed by atoms with Crippen molar-refractivity contribution in [1.82, 2.24) is 39.6 Å². The number of carbonyl (C=O) groups excluding carboxylic acids is 1. The zero-order valence-corrected chi connectivity index (χ0v) is 16.3. The monoisotopic (exact) mass is 370 g/mol. The molecule has 0 saturated carbocycles. The van der Waals surface area contributed by atoms with E-state index in [0.29, 0.717) is 17.8 Å². The zero-order valence-electron chi connectivity index (χ0n) is 16.3. The number of nitrogens with one attached hydrogen (secondary N) is 1. The van der Waals surface area contributed by atoms with E-state index in [1.807, 2.05) is 26.2 Å². The molecule has 0 aliphatic carbocycles. The summed E-state index contributed by atoms with van der Waals surface area (Å²) in [5.74, 6) is 0.490. The van der Waals surface area contributed by atoms with E-state index in [1.165, 1.54) is 6.33 Å². The van der Waals surface area contributed by atoms with Gasteiger partial charge in [-0.2, -0.15) is 10.2 Å². The van der Waals surface area contributed by atoms with Crippen molar-refractivity contribution in [3.63, 3.8) is 0 Å². The van der Waals surface area contributed by atoms with Crippen LogP contribution in [0.2, 0.25) is 0 Å². The quantitative estimate of drug-likeness (QED) is 0.648. The molecule has 0 saturated heterocycles. The van der Waals surface area contributed by atoms with Crippen molar-refractivity contribution in [3.05, 3.63) is 41.9 Å². The summed E-state index contributed by atoms with van der Waals surface area (Å²) in [7, 11) is 0. The molecule has 1 atom stereocenters. The smallest absolute Gasteiger partial charge is 0.257 e. The molecule has 144 valence electrons. The van der Waals surface area contributed by atoms with Crippen molar-refractivity contribution in [3.8, 4) is 0 Å². The molecule has 0 bridgehead atoms. The van der Waals surface area contributed by atoms with Crippen molar-refractivity contribution >= 4 is 11.6 Å². The topological polar surface area (TPSA) is 93.2 Å². The third-order valence-electron chi connectivity index (χ3n) is 4.64. The van der Waals surface area contributed by atoms with Gasteiger partial charge in [-0.15, -0.1) is 0 Å². The Morgan fingerprint density at radius 1 is 1.19 bits per heavy atom. The van der Waals surface area contributed by atoms with Crippen LogP contribution < -0.4 is 5.32 Å². The summed E-state index contributed by atoms with van der Waals surface area (Å²) < 4.78 is 3.42. The fourth-order valence-corrected chi connectivity index (χ4v) is 3.05. The first-order chi connectivity index (χ1) is 13.1. The SMILES string of the molecule is CCN(CC)Cc1cnc2c(C(=O)NC(C)c3ncnn3CC)cnn2c1. The Labute approximate surface area is 158 Å². The Kier molecular flexibility index (Phi) is 5.80. The van der Waals surface area contributed by atoms with Gasteiger partial charge in [0.25, 0.3) is 5.91 Å². The molecule has 27 heavy (non-hydrogen) atoms. The van der Waals surface area contributed by atoms with Crippen molar-refractivity contribution in [2.45, 2.75) is 46.8 Å². The number of amides is 1. The van der Waals surface area contributed by atoms with Crippen LogP contribution in [-0.4, -0.2) is 53.3 Å². The second-order valence-electron chi connectivity index (χ2n) is 6.38. The molecular weight excluding hydrogens is 344 g/mol. The third kappa shape index (κ3) is 3.97. The molecule has 3 aromatic heterocycles. The van der Waals surface area contributed by atoms with Gasteiger partial charge < -0.3 is 5.32 Å². The fourth-order valence-electron chi connectivity index (χ4n) is 3.05. The number of carbonyl (C=O) groups is 1. The summed E-state index contributed by atoms with van der Waals surface area (Å²) in [6.07, 6.45) is 6.78. The van der Waals surface area contributed by atoms with Crippen LogP contribution in [0.1, 0.15) is 55.5 Å². The Morgan fingerprint density at radius 3 is 2.67 bits per heavy atom. The maximum absolute atomic E-state index is 12.7. The third-order valence-corrected chi connectivity index (χ3v) is 4.64. The van der Waals surface area contributed by atoms with Crippen LogP contribution in [-0.2, 0) is 13.1 Å². The molecule has 0 aliphatic heterocycles. The molecule has 1 amide bonds. The van der Waals surface area contributed by atoms with Gasteiger partial charge in [-0.25, -0.2) is 19.2 Å². The first kappa shape index (κ1) is 19.0. The summed E-state index contributed by atoms with van der Waals surface area (Å²) in [6.45, 7) is 11.6. The highest BCUT2D eigenvalue weighted by atomic mass is 16.1. The highest BCUT2D eigenvalue weighted by Crippen LogP contribution is 2.14. The molecule has 9 nitrogen and oxygen atoms in total. The van der Waals surface area contributed by atoms with Gasteiger partial charge in [0.1, 0.15) is 17.7 Å². The predicted molar refractivity (Wildman–Crippen MR) is 101 cm³/mol. The standard InChI is InChI=1S/C18H26N8O/c1-5-24(6-2)10-14-8-19-17-15(9-21-26(17)11-14)18(27)23-13(4)16-20-12-22-25(16)7-3/h8-9,11-13H,5-7,10H2,1-4H3,(H,23,27). The van der Waals surface area contributed by atoms with Crippen LogP contribution in [0.3, 0.4) is 0 Å². The number of hydrogen-bond acceptors (Lipinski definition) is 6. The van der Waals surface area contributed by atoms with Crippen LogP contribution >= 0.6 is 0 Å². The van der Waals surface area contributed by atoms with E-state index in [9.17, 15) is 4.79 Å². The number of nitrogens with zero attached hydrogens (tertiary/aromatic N) is 7. The van der Waals surface area contributed by atoms with Gasteiger partial charge in [0.05, 0.1) is 12.2 Å². The minimum atomic E-state index is -0.267. The molecule has 0 aliphatic rings. The van der Waals surface area contributed by atoms with Crippen LogP contribution in [0.5, 0.6) is 0 Å². The first-order valence-corrected chi connectivity index (χ1v) is 9.30. The molecule has 0 radical (unpaired) electrons. The average Bonchev–Trinajstić information content (AvgIpc) is 3.32. The summed E-state index contributed by atoms with van der Waals surface area (Å²) in [6, 6.07) is -0.267. The highest BCUT2D eigenvalue weighted by molar-refractivity contribution is 5.99. The van der Waals surface area contributed by atoms with Gasteiger partial charge in [0.15, 0.2) is 5.65 Å². The first-order valence-electron chi connectivity index (χ1n) is 9.30. The van der Waals surface area contributed by atoms with Crippen molar-refractivity contribution < 1.29 is 4.79 Å². The molecule has 3 heterocycles. The van der Waals surface area contributed by atoms with E-state index in [0.717, 1.165) is 31.0 Å². The molecular formula is C18H26N8O. The number of fused-ring (bicyclic) bond motifs is 1. The van der Waals surface area contributed by atoms with Crippen LogP contribution in [0.4, 0.5) is 0 Å². The van der Waals surface area contributed by atoms with Crippen molar-refractivity contribution in [2.75, 3.05) is 13.1 Å². The average molecular weight is 370 g/mol. The van der Waals surface area contributed by atoms with E-state index in [4.69, 9.17) is 0 Å². The Balaban J connectivity index is 1.77. The number of rotatable bonds is 8. The second-order valence-corrected chi connectivity index (χ2v) is 6.38. The molecule has 0 aromatic carbocycles.